The van der Waals surface area contributed by atoms with Gasteiger partial charge in [-0.05, 0) is 30.7 Å². The highest BCUT2D eigenvalue weighted by atomic mass is 19.1. The number of carbonyl (C=O) groups is 2. The number of halogens is 1. The number of ether oxygens (including phenoxy) is 1. The summed E-state index contributed by atoms with van der Waals surface area (Å²) in [6.07, 6.45) is 1.63. The van der Waals surface area contributed by atoms with Crippen LogP contribution in [0.3, 0.4) is 0 Å². The molecule has 2 aliphatic heterocycles. The van der Waals surface area contributed by atoms with Crippen LogP contribution in [0.15, 0.2) is 36.5 Å². The first-order chi connectivity index (χ1) is 14.0. The lowest BCUT2D eigenvalue weighted by atomic mass is 9.89. The van der Waals surface area contributed by atoms with Gasteiger partial charge in [0.15, 0.2) is 0 Å². The first-order valence-corrected chi connectivity index (χ1v) is 9.88. The Morgan fingerprint density at radius 2 is 2.07 bits per heavy atom. The van der Waals surface area contributed by atoms with Crippen molar-refractivity contribution in [3.63, 3.8) is 0 Å². The third-order valence-electron chi connectivity index (χ3n) is 5.96. The fourth-order valence-corrected chi connectivity index (χ4v) is 4.72. The van der Waals surface area contributed by atoms with Gasteiger partial charge in [-0.2, -0.15) is 5.10 Å². The van der Waals surface area contributed by atoms with E-state index in [0.717, 1.165) is 5.56 Å². The van der Waals surface area contributed by atoms with E-state index in [1.165, 1.54) is 19.2 Å². The van der Waals surface area contributed by atoms with E-state index in [9.17, 15) is 14.0 Å². The molecule has 8 heteroatoms. The Hall–Kier alpha value is -2.74. The summed E-state index contributed by atoms with van der Waals surface area (Å²) in [7, 11) is 1.49. The Bertz CT molecular complexity index is 915. The van der Waals surface area contributed by atoms with E-state index in [0.29, 0.717) is 31.9 Å². The van der Waals surface area contributed by atoms with E-state index in [4.69, 9.17) is 4.74 Å². The molecule has 4 rings (SSSR count). The maximum absolute atomic E-state index is 13.9. The van der Waals surface area contributed by atoms with Crippen LogP contribution in [-0.4, -0.2) is 64.7 Å². The topological polar surface area (TPSA) is 67.7 Å². The first kappa shape index (κ1) is 19.6. The average molecular weight is 400 g/mol. The second kappa shape index (κ2) is 7.94. The molecule has 7 nitrogen and oxygen atoms in total. The van der Waals surface area contributed by atoms with Crippen molar-refractivity contribution in [3.05, 3.63) is 53.6 Å². The molecule has 29 heavy (non-hydrogen) atoms. The number of rotatable bonds is 5. The summed E-state index contributed by atoms with van der Waals surface area (Å²) < 4.78 is 20.6. The SMILES string of the molecule is CCn1nccc1C(=O)N1C[C@@H]2CN(C(=O)COC)[C@@H](c3cccc(F)c3)[C@@H]2C1. The summed E-state index contributed by atoms with van der Waals surface area (Å²) in [5.74, 6) is -0.293. The predicted octanol–water partition coefficient (Wildman–Crippen LogP) is 1.96. The highest BCUT2D eigenvalue weighted by Crippen LogP contribution is 2.45. The fraction of sp³-hybridized carbons (Fsp3) is 0.476. The molecule has 1 aromatic carbocycles. The minimum Gasteiger partial charge on any atom is -0.375 e. The van der Waals surface area contributed by atoms with Crippen molar-refractivity contribution in [1.29, 1.82) is 0 Å². The maximum Gasteiger partial charge on any atom is 0.272 e. The van der Waals surface area contributed by atoms with E-state index in [2.05, 4.69) is 5.10 Å². The van der Waals surface area contributed by atoms with Crippen molar-refractivity contribution in [2.24, 2.45) is 11.8 Å². The minimum absolute atomic E-state index is 0.0103. The normalized spacial score (nSPS) is 23.5. The van der Waals surface area contributed by atoms with E-state index in [-0.39, 0.29) is 42.1 Å². The van der Waals surface area contributed by atoms with E-state index in [1.807, 2.05) is 17.9 Å². The monoisotopic (exact) mass is 400 g/mol. The van der Waals surface area contributed by atoms with Gasteiger partial charge in [-0.15, -0.1) is 0 Å². The lowest BCUT2D eigenvalue weighted by Gasteiger charge is -2.30. The molecule has 2 aliphatic rings. The van der Waals surface area contributed by atoms with Crippen molar-refractivity contribution in [3.8, 4) is 0 Å². The summed E-state index contributed by atoms with van der Waals surface area (Å²) in [6, 6.07) is 7.85. The Morgan fingerprint density at radius 3 is 2.79 bits per heavy atom. The van der Waals surface area contributed by atoms with Gasteiger partial charge < -0.3 is 14.5 Å². The molecule has 154 valence electrons. The van der Waals surface area contributed by atoms with Gasteiger partial charge in [-0.25, -0.2) is 4.39 Å². The summed E-state index contributed by atoms with van der Waals surface area (Å²) in [5, 5.41) is 4.19. The maximum atomic E-state index is 13.9. The molecule has 0 N–H and O–H groups in total. The highest BCUT2D eigenvalue weighted by molar-refractivity contribution is 5.92. The van der Waals surface area contributed by atoms with Gasteiger partial charge in [-0.3, -0.25) is 14.3 Å². The Kier molecular flexibility index (Phi) is 5.36. The predicted molar refractivity (Wildman–Crippen MR) is 104 cm³/mol. The number of aromatic nitrogens is 2. The number of aryl methyl sites for hydroxylation is 1. The Labute approximate surface area is 169 Å². The molecule has 0 aliphatic carbocycles. The quantitative estimate of drug-likeness (QED) is 0.770. The van der Waals surface area contributed by atoms with Crippen LogP contribution in [-0.2, 0) is 16.1 Å². The van der Waals surface area contributed by atoms with Crippen molar-refractivity contribution in [2.75, 3.05) is 33.4 Å². The largest absolute Gasteiger partial charge is 0.375 e. The van der Waals surface area contributed by atoms with Crippen molar-refractivity contribution in [2.45, 2.75) is 19.5 Å². The van der Waals surface area contributed by atoms with Crippen molar-refractivity contribution >= 4 is 11.8 Å². The number of hydrogen-bond donors (Lipinski definition) is 0. The molecule has 0 unspecified atom stereocenters. The van der Waals surface area contributed by atoms with Gasteiger partial charge in [0.2, 0.25) is 5.91 Å². The third-order valence-corrected chi connectivity index (χ3v) is 5.96. The fourth-order valence-electron chi connectivity index (χ4n) is 4.72. The van der Waals surface area contributed by atoms with Crippen LogP contribution < -0.4 is 0 Å². The zero-order valence-electron chi connectivity index (χ0n) is 16.6. The van der Waals surface area contributed by atoms with Crippen LogP contribution in [0, 0.1) is 17.7 Å². The van der Waals surface area contributed by atoms with Crippen LogP contribution in [0.5, 0.6) is 0 Å². The molecule has 2 amide bonds. The van der Waals surface area contributed by atoms with E-state index >= 15 is 0 Å². The van der Waals surface area contributed by atoms with Crippen LogP contribution >= 0.6 is 0 Å². The van der Waals surface area contributed by atoms with Gasteiger partial charge in [-0.1, -0.05) is 12.1 Å². The lowest BCUT2D eigenvalue weighted by molar-refractivity contribution is -0.136. The van der Waals surface area contributed by atoms with Crippen molar-refractivity contribution < 1.29 is 18.7 Å². The number of carbonyl (C=O) groups excluding carboxylic acids is 2. The number of methoxy groups -OCH3 is 1. The Balaban J connectivity index is 1.60. The van der Waals surface area contributed by atoms with E-state index in [1.54, 1.807) is 27.9 Å². The summed E-state index contributed by atoms with van der Waals surface area (Å²) in [6.45, 7) is 4.19. The number of likely N-dealkylation sites (tertiary alicyclic amines) is 2. The standard InChI is InChI=1S/C21H25FN4O3/c1-3-26-18(7-8-23-26)21(28)24-10-15-11-25(19(27)13-29-2)20(17(15)12-24)14-5-4-6-16(22)9-14/h4-9,15,17,20H,3,10-13H2,1-2H3/t15-,17-,20+/m1/s1. The van der Waals surface area contributed by atoms with Gasteiger partial charge in [0.1, 0.15) is 18.1 Å². The average Bonchev–Trinajstić information content (AvgIpc) is 3.41. The first-order valence-electron chi connectivity index (χ1n) is 9.88. The molecule has 1 aromatic heterocycles. The zero-order chi connectivity index (χ0) is 20.5. The summed E-state index contributed by atoms with van der Waals surface area (Å²) in [5.41, 5.74) is 1.33. The molecule has 0 spiro atoms. The van der Waals surface area contributed by atoms with Crippen LogP contribution in [0.2, 0.25) is 0 Å². The third kappa shape index (κ3) is 3.53. The zero-order valence-corrected chi connectivity index (χ0v) is 16.6. The number of benzene rings is 1. The van der Waals surface area contributed by atoms with E-state index < -0.39 is 0 Å². The molecule has 2 fully saturated rings. The molecular formula is C21H25FN4O3. The van der Waals surface area contributed by atoms with Crippen LogP contribution in [0.1, 0.15) is 29.0 Å². The van der Waals surface area contributed by atoms with Crippen LogP contribution in [0.4, 0.5) is 4.39 Å². The second-order valence-corrected chi connectivity index (χ2v) is 7.65. The van der Waals surface area contributed by atoms with Gasteiger partial charge in [0, 0.05) is 51.3 Å². The van der Waals surface area contributed by atoms with Gasteiger partial charge >= 0.3 is 0 Å². The molecule has 0 bridgehead atoms. The highest BCUT2D eigenvalue weighted by Gasteiger charge is 2.50. The van der Waals surface area contributed by atoms with Crippen LogP contribution in [0.25, 0.3) is 0 Å². The number of fused-ring (bicyclic) bond motifs is 1. The molecule has 0 saturated carbocycles. The number of amides is 2. The minimum atomic E-state index is -0.331. The molecule has 0 radical (unpaired) electrons. The second-order valence-electron chi connectivity index (χ2n) is 7.65. The Morgan fingerprint density at radius 1 is 1.24 bits per heavy atom. The molecule has 3 heterocycles. The molecule has 2 saturated heterocycles. The van der Waals surface area contributed by atoms with Gasteiger partial charge in [0.05, 0.1) is 6.04 Å². The number of nitrogens with zero attached hydrogens (tertiary/aromatic N) is 4. The summed E-state index contributed by atoms with van der Waals surface area (Å²) in [4.78, 5) is 29.3. The number of hydrogen-bond acceptors (Lipinski definition) is 4. The molecular weight excluding hydrogens is 375 g/mol. The smallest absolute Gasteiger partial charge is 0.272 e. The summed E-state index contributed by atoms with van der Waals surface area (Å²) >= 11 is 0. The lowest BCUT2D eigenvalue weighted by Crippen LogP contribution is -2.39. The van der Waals surface area contributed by atoms with Gasteiger partial charge in [0.25, 0.3) is 5.91 Å². The van der Waals surface area contributed by atoms with Crippen molar-refractivity contribution in [1.82, 2.24) is 19.6 Å². The molecule has 2 aromatic rings. The molecule has 3 atom stereocenters.